The van der Waals surface area contributed by atoms with E-state index < -0.39 is 11.5 Å². The number of amides is 2. The summed E-state index contributed by atoms with van der Waals surface area (Å²) in [5, 5.41) is 3.32. The number of nitrogens with one attached hydrogen (secondary N) is 1. The molecule has 128 valence electrons. The van der Waals surface area contributed by atoms with E-state index >= 15 is 0 Å². The van der Waals surface area contributed by atoms with Crippen molar-refractivity contribution in [3.8, 4) is 5.75 Å². The number of nitrogens with zero attached hydrogens (tertiary/aromatic N) is 1. The topological polar surface area (TPSA) is 58.6 Å². The van der Waals surface area contributed by atoms with Gasteiger partial charge in [0.05, 0.1) is 7.11 Å². The number of methoxy groups -OCH3 is 1. The molecule has 0 aliphatic carbocycles. The molecule has 0 aliphatic heterocycles. The fourth-order valence-corrected chi connectivity index (χ4v) is 2.20. The first kappa shape index (κ1) is 19.3. The van der Waals surface area contributed by atoms with Crippen molar-refractivity contribution in [3.05, 3.63) is 28.8 Å². The molecular formula is C17H25ClN2O3. The average molecular weight is 341 g/mol. The Morgan fingerprint density at radius 3 is 2.48 bits per heavy atom. The van der Waals surface area contributed by atoms with Gasteiger partial charge in [-0.25, -0.2) is 0 Å². The Kier molecular flexibility index (Phi) is 6.45. The lowest BCUT2D eigenvalue weighted by Gasteiger charge is -2.25. The van der Waals surface area contributed by atoms with Gasteiger partial charge in [0.2, 0.25) is 11.8 Å². The van der Waals surface area contributed by atoms with E-state index in [4.69, 9.17) is 16.3 Å². The normalized spacial score (nSPS) is 12.5. The summed E-state index contributed by atoms with van der Waals surface area (Å²) in [5.74, 6) is 0.331. The number of hydrogen-bond acceptors (Lipinski definition) is 3. The molecule has 1 unspecified atom stereocenters. The van der Waals surface area contributed by atoms with Crippen molar-refractivity contribution >= 4 is 23.4 Å². The summed E-state index contributed by atoms with van der Waals surface area (Å²) in [7, 11) is 3.25. The molecule has 6 heteroatoms. The minimum atomic E-state index is -0.600. The van der Waals surface area contributed by atoms with Crippen molar-refractivity contribution in [2.75, 3.05) is 14.2 Å². The minimum absolute atomic E-state index is 0.160. The molecule has 0 aliphatic rings. The van der Waals surface area contributed by atoms with Gasteiger partial charge >= 0.3 is 0 Å². The molecule has 0 saturated carbocycles. The molecule has 1 aromatic rings. The fraction of sp³-hybridized carbons (Fsp3) is 0.529. The lowest BCUT2D eigenvalue weighted by atomic mass is 9.95. The number of carbonyl (C=O) groups excluding carboxylic acids is 2. The molecule has 5 nitrogen and oxygen atoms in total. The highest BCUT2D eigenvalue weighted by Gasteiger charge is 2.26. The van der Waals surface area contributed by atoms with Gasteiger partial charge in [-0.2, -0.15) is 0 Å². The lowest BCUT2D eigenvalue weighted by molar-refractivity contribution is -0.137. The summed E-state index contributed by atoms with van der Waals surface area (Å²) in [6.45, 7) is 7.44. The summed E-state index contributed by atoms with van der Waals surface area (Å²) in [6.07, 6.45) is 0. The summed E-state index contributed by atoms with van der Waals surface area (Å²) < 4.78 is 5.28. The van der Waals surface area contributed by atoms with Crippen LogP contribution in [-0.4, -0.2) is 36.9 Å². The molecule has 0 spiro atoms. The van der Waals surface area contributed by atoms with Crippen LogP contribution in [0.1, 0.15) is 33.3 Å². The number of likely N-dealkylation sites (N-methyl/N-ethyl adjacent to an activating group) is 1. The van der Waals surface area contributed by atoms with Crippen LogP contribution in [0.3, 0.4) is 0 Å². The zero-order valence-corrected chi connectivity index (χ0v) is 15.3. The highest BCUT2D eigenvalue weighted by molar-refractivity contribution is 6.30. The maximum absolute atomic E-state index is 12.4. The van der Waals surface area contributed by atoms with Crippen LogP contribution in [0.5, 0.6) is 5.75 Å². The maximum atomic E-state index is 12.4. The van der Waals surface area contributed by atoms with Crippen molar-refractivity contribution in [1.29, 1.82) is 0 Å². The Bertz CT molecular complexity index is 582. The summed E-state index contributed by atoms with van der Waals surface area (Å²) in [6, 6.07) is 4.67. The van der Waals surface area contributed by atoms with Crippen LogP contribution in [0, 0.1) is 5.41 Å². The minimum Gasteiger partial charge on any atom is -0.496 e. The summed E-state index contributed by atoms with van der Waals surface area (Å²) in [5.41, 5.74) is 0.272. The van der Waals surface area contributed by atoms with Crippen LogP contribution in [0.4, 0.5) is 0 Å². The van der Waals surface area contributed by atoms with Crippen LogP contribution in [0.25, 0.3) is 0 Å². The SMILES string of the molecule is COc1ccc(Cl)cc1CN(C)C(=O)C(C)NC(=O)C(C)(C)C. The molecule has 0 aromatic heterocycles. The van der Waals surface area contributed by atoms with E-state index in [1.165, 1.54) is 0 Å². The van der Waals surface area contributed by atoms with E-state index in [0.717, 1.165) is 5.56 Å². The Morgan fingerprint density at radius 2 is 1.96 bits per heavy atom. The molecule has 1 rings (SSSR count). The van der Waals surface area contributed by atoms with Gasteiger partial charge in [0.25, 0.3) is 0 Å². The van der Waals surface area contributed by atoms with E-state index in [1.54, 1.807) is 65.0 Å². The third-order valence-electron chi connectivity index (χ3n) is 3.43. The second-order valence-electron chi connectivity index (χ2n) is 6.60. The van der Waals surface area contributed by atoms with Gasteiger partial charge in [-0.05, 0) is 25.1 Å². The van der Waals surface area contributed by atoms with Crippen molar-refractivity contribution < 1.29 is 14.3 Å². The van der Waals surface area contributed by atoms with Crippen LogP contribution in [-0.2, 0) is 16.1 Å². The largest absolute Gasteiger partial charge is 0.496 e. The first-order valence-electron chi connectivity index (χ1n) is 7.44. The zero-order chi connectivity index (χ0) is 17.8. The lowest BCUT2D eigenvalue weighted by Crippen LogP contribution is -2.48. The first-order valence-corrected chi connectivity index (χ1v) is 7.82. The molecule has 0 fully saturated rings. The average Bonchev–Trinajstić information content (AvgIpc) is 2.45. The third kappa shape index (κ3) is 5.43. The van der Waals surface area contributed by atoms with Gasteiger partial charge in [0.15, 0.2) is 0 Å². The highest BCUT2D eigenvalue weighted by atomic mass is 35.5. The quantitative estimate of drug-likeness (QED) is 0.896. The molecule has 1 atom stereocenters. The smallest absolute Gasteiger partial charge is 0.244 e. The number of benzene rings is 1. The molecule has 1 aromatic carbocycles. The number of carbonyl (C=O) groups is 2. The van der Waals surface area contributed by atoms with Crippen molar-refractivity contribution in [2.45, 2.75) is 40.3 Å². The summed E-state index contributed by atoms with van der Waals surface area (Å²) in [4.78, 5) is 26.0. The Balaban J connectivity index is 2.78. The van der Waals surface area contributed by atoms with Gasteiger partial charge < -0.3 is 15.0 Å². The predicted octanol–water partition coefficient (Wildman–Crippen LogP) is 2.86. The van der Waals surface area contributed by atoms with E-state index in [2.05, 4.69) is 5.32 Å². The molecule has 0 bridgehead atoms. The third-order valence-corrected chi connectivity index (χ3v) is 3.66. The molecule has 1 N–H and O–H groups in total. The number of hydrogen-bond donors (Lipinski definition) is 1. The van der Waals surface area contributed by atoms with Crippen molar-refractivity contribution in [1.82, 2.24) is 10.2 Å². The van der Waals surface area contributed by atoms with Gasteiger partial charge in [-0.15, -0.1) is 0 Å². The molecule has 0 radical (unpaired) electrons. The van der Waals surface area contributed by atoms with E-state index in [0.29, 0.717) is 17.3 Å². The second-order valence-corrected chi connectivity index (χ2v) is 7.03. The first-order chi connectivity index (χ1) is 10.6. The van der Waals surface area contributed by atoms with Crippen molar-refractivity contribution in [3.63, 3.8) is 0 Å². The van der Waals surface area contributed by atoms with Crippen LogP contribution >= 0.6 is 11.6 Å². The zero-order valence-electron chi connectivity index (χ0n) is 14.6. The van der Waals surface area contributed by atoms with Gasteiger partial charge in [0, 0.05) is 29.6 Å². The Hall–Kier alpha value is -1.75. The Labute approximate surface area is 142 Å². The van der Waals surface area contributed by atoms with Crippen LogP contribution in [0.15, 0.2) is 18.2 Å². The predicted molar refractivity (Wildman–Crippen MR) is 91.5 cm³/mol. The summed E-state index contributed by atoms with van der Waals surface area (Å²) >= 11 is 6.00. The van der Waals surface area contributed by atoms with Gasteiger partial charge in [-0.3, -0.25) is 9.59 Å². The van der Waals surface area contributed by atoms with E-state index in [1.807, 2.05) is 0 Å². The second kappa shape index (κ2) is 7.68. The van der Waals surface area contributed by atoms with Crippen molar-refractivity contribution in [2.24, 2.45) is 5.41 Å². The molecule has 0 saturated heterocycles. The maximum Gasteiger partial charge on any atom is 0.244 e. The number of halogens is 1. The molecular weight excluding hydrogens is 316 g/mol. The highest BCUT2D eigenvalue weighted by Crippen LogP contribution is 2.24. The van der Waals surface area contributed by atoms with Gasteiger partial charge in [-0.1, -0.05) is 32.4 Å². The van der Waals surface area contributed by atoms with Crippen LogP contribution in [0.2, 0.25) is 5.02 Å². The van der Waals surface area contributed by atoms with E-state index in [9.17, 15) is 9.59 Å². The molecule has 2 amide bonds. The fourth-order valence-electron chi connectivity index (χ4n) is 2.01. The Morgan fingerprint density at radius 1 is 1.35 bits per heavy atom. The monoisotopic (exact) mass is 340 g/mol. The van der Waals surface area contributed by atoms with E-state index in [-0.39, 0.29) is 11.8 Å². The number of rotatable bonds is 5. The standard InChI is InChI=1S/C17H25ClN2O3/c1-11(19-16(22)17(2,3)4)15(21)20(5)10-12-9-13(18)7-8-14(12)23-6/h7-9,11H,10H2,1-6H3,(H,19,22). The molecule has 23 heavy (non-hydrogen) atoms. The van der Waals surface area contributed by atoms with Gasteiger partial charge in [0.1, 0.15) is 11.8 Å². The van der Waals surface area contributed by atoms with Crippen LogP contribution < -0.4 is 10.1 Å². The molecule has 0 heterocycles. The number of ether oxygens (including phenoxy) is 1.